The van der Waals surface area contributed by atoms with Crippen molar-refractivity contribution >= 4 is 22.7 Å². The summed E-state index contributed by atoms with van der Waals surface area (Å²) in [4.78, 5) is 15.9. The highest BCUT2D eigenvalue weighted by Crippen LogP contribution is 2.24. The number of hydrogen-bond acceptors (Lipinski definition) is 7. The predicted octanol–water partition coefficient (Wildman–Crippen LogP) is 1.84. The summed E-state index contributed by atoms with van der Waals surface area (Å²) in [6.07, 6.45) is 4.38. The molecule has 1 fully saturated rings. The van der Waals surface area contributed by atoms with E-state index in [2.05, 4.69) is 27.3 Å². The normalized spacial score (nSPS) is 15.7. The van der Waals surface area contributed by atoms with E-state index in [0.717, 1.165) is 36.2 Å². The molecule has 7 heteroatoms. The Morgan fingerprint density at radius 1 is 1.11 bits per heavy atom. The summed E-state index contributed by atoms with van der Waals surface area (Å²) < 4.78 is 5.45. The number of morpholine rings is 1. The summed E-state index contributed by atoms with van der Waals surface area (Å²) in [5.74, 6) is 1.51. The van der Waals surface area contributed by atoms with Gasteiger partial charge in [-0.15, -0.1) is 0 Å². The molecule has 0 spiro atoms. The third kappa shape index (κ3) is 4.15. The van der Waals surface area contributed by atoms with Gasteiger partial charge in [-0.2, -0.15) is 4.98 Å². The van der Waals surface area contributed by atoms with Crippen LogP contribution in [-0.4, -0.2) is 53.8 Å². The number of nitrogens with two attached hydrogens (primary N) is 1. The van der Waals surface area contributed by atoms with Gasteiger partial charge in [0.15, 0.2) is 0 Å². The van der Waals surface area contributed by atoms with Crippen LogP contribution in [0.4, 0.5) is 11.8 Å². The van der Waals surface area contributed by atoms with Crippen molar-refractivity contribution in [2.45, 2.75) is 12.5 Å². The Kier molecular flexibility index (Phi) is 5.41. The van der Waals surface area contributed by atoms with Crippen LogP contribution in [0.2, 0.25) is 0 Å². The molecule has 1 aromatic carbocycles. The molecule has 1 saturated heterocycles. The van der Waals surface area contributed by atoms with Gasteiger partial charge in [0.1, 0.15) is 5.82 Å². The molecule has 140 valence electrons. The summed E-state index contributed by atoms with van der Waals surface area (Å²) in [7, 11) is 0. The van der Waals surface area contributed by atoms with Crippen LogP contribution in [0.15, 0.2) is 48.8 Å². The van der Waals surface area contributed by atoms with E-state index in [1.807, 2.05) is 24.3 Å². The summed E-state index contributed by atoms with van der Waals surface area (Å²) in [6, 6.07) is 12.4. The molecule has 3 N–H and O–H groups in total. The van der Waals surface area contributed by atoms with E-state index in [4.69, 9.17) is 20.4 Å². The first-order valence-corrected chi connectivity index (χ1v) is 9.28. The molecule has 27 heavy (non-hydrogen) atoms. The minimum absolute atomic E-state index is 0.0798. The number of aromatic nitrogens is 3. The molecule has 1 unspecified atom stereocenters. The van der Waals surface area contributed by atoms with Crippen molar-refractivity contribution in [3.05, 3.63) is 54.4 Å². The standard InChI is InChI=1S/C20H24N6O/c21-13-16(12-15-4-2-1-3-5-15)23-19-17-6-7-22-14-18(17)24-20(25-19)26-8-10-27-11-9-26/h1-7,14,16H,8-13,21H2,(H,23,24,25). The molecule has 1 atom stereocenters. The highest BCUT2D eigenvalue weighted by molar-refractivity contribution is 5.89. The molecule has 1 aliphatic rings. The quantitative estimate of drug-likeness (QED) is 0.690. The van der Waals surface area contributed by atoms with E-state index in [1.165, 1.54) is 5.56 Å². The van der Waals surface area contributed by atoms with Crippen molar-refractivity contribution in [2.75, 3.05) is 43.1 Å². The number of nitrogens with zero attached hydrogens (tertiary/aromatic N) is 4. The fourth-order valence-electron chi connectivity index (χ4n) is 3.27. The van der Waals surface area contributed by atoms with E-state index in [0.29, 0.717) is 25.7 Å². The van der Waals surface area contributed by atoms with Crippen LogP contribution >= 0.6 is 0 Å². The average Bonchev–Trinajstić information content (AvgIpc) is 2.74. The Labute approximate surface area is 158 Å². The van der Waals surface area contributed by atoms with Crippen molar-refractivity contribution in [3.63, 3.8) is 0 Å². The van der Waals surface area contributed by atoms with Crippen LogP contribution in [0, 0.1) is 0 Å². The van der Waals surface area contributed by atoms with Gasteiger partial charge in [-0.3, -0.25) is 4.98 Å². The van der Waals surface area contributed by atoms with Crippen molar-refractivity contribution in [2.24, 2.45) is 5.73 Å². The minimum Gasteiger partial charge on any atom is -0.378 e. The van der Waals surface area contributed by atoms with Crippen LogP contribution in [0.3, 0.4) is 0 Å². The van der Waals surface area contributed by atoms with Crippen molar-refractivity contribution < 1.29 is 4.74 Å². The maximum absolute atomic E-state index is 6.05. The second-order valence-electron chi connectivity index (χ2n) is 6.63. The molecule has 2 aromatic heterocycles. The highest BCUT2D eigenvalue weighted by atomic mass is 16.5. The molecule has 3 heterocycles. The lowest BCUT2D eigenvalue weighted by molar-refractivity contribution is 0.122. The van der Waals surface area contributed by atoms with Crippen LogP contribution in [0.5, 0.6) is 0 Å². The number of hydrogen-bond donors (Lipinski definition) is 2. The monoisotopic (exact) mass is 364 g/mol. The van der Waals surface area contributed by atoms with Crippen LogP contribution in [0.25, 0.3) is 10.9 Å². The second-order valence-corrected chi connectivity index (χ2v) is 6.63. The number of ether oxygens (including phenoxy) is 1. The van der Waals surface area contributed by atoms with E-state index < -0.39 is 0 Å². The van der Waals surface area contributed by atoms with Crippen molar-refractivity contribution in [1.82, 2.24) is 15.0 Å². The molecule has 3 aromatic rings. The zero-order valence-corrected chi connectivity index (χ0v) is 15.2. The Balaban J connectivity index is 1.64. The first kappa shape index (κ1) is 17.6. The summed E-state index contributed by atoms with van der Waals surface area (Å²) in [5.41, 5.74) is 8.12. The maximum atomic E-state index is 6.05. The first-order chi connectivity index (χ1) is 13.3. The second kappa shape index (κ2) is 8.28. The lowest BCUT2D eigenvalue weighted by Gasteiger charge is -2.28. The summed E-state index contributed by atoms with van der Waals surface area (Å²) in [5, 5.41) is 4.49. The number of pyridine rings is 1. The van der Waals surface area contributed by atoms with Gasteiger partial charge in [0.05, 0.1) is 24.9 Å². The van der Waals surface area contributed by atoms with Crippen LogP contribution in [-0.2, 0) is 11.2 Å². The first-order valence-electron chi connectivity index (χ1n) is 9.28. The lowest BCUT2D eigenvalue weighted by Crippen LogP contribution is -2.37. The molecule has 0 amide bonds. The SMILES string of the molecule is NCC(Cc1ccccc1)Nc1nc(N2CCOCC2)nc2cnccc12. The average molecular weight is 364 g/mol. The highest BCUT2D eigenvalue weighted by Gasteiger charge is 2.18. The number of benzene rings is 1. The zero-order chi connectivity index (χ0) is 18.5. The molecule has 0 saturated carbocycles. The Bertz CT molecular complexity index is 882. The lowest BCUT2D eigenvalue weighted by atomic mass is 10.1. The van der Waals surface area contributed by atoms with E-state index in [-0.39, 0.29) is 6.04 Å². The van der Waals surface area contributed by atoms with Crippen LogP contribution < -0.4 is 16.0 Å². The fourth-order valence-corrected chi connectivity index (χ4v) is 3.27. The van der Waals surface area contributed by atoms with Crippen molar-refractivity contribution in [3.8, 4) is 0 Å². The van der Waals surface area contributed by atoms with Gasteiger partial charge < -0.3 is 20.7 Å². The van der Waals surface area contributed by atoms with Gasteiger partial charge in [0.25, 0.3) is 0 Å². The summed E-state index contributed by atoms with van der Waals surface area (Å²) >= 11 is 0. The number of nitrogens with one attached hydrogen (secondary N) is 1. The maximum Gasteiger partial charge on any atom is 0.228 e. The van der Waals surface area contributed by atoms with Gasteiger partial charge >= 0.3 is 0 Å². The Morgan fingerprint density at radius 3 is 2.70 bits per heavy atom. The predicted molar refractivity (Wildman–Crippen MR) is 107 cm³/mol. The van der Waals surface area contributed by atoms with E-state index >= 15 is 0 Å². The largest absolute Gasteiger partial charge is 0.378 e. The molecule has 4 rings (SSSR count). The third-order valence-corrected chi connectivity index (χ3v) is 4.73. The molecule has 7 nitrogen and oxygen atoms in total. The minimum atomic E-state index is 0.0798. The molecule has 0 aliphatic carbocycles. The van der Waals surface area contributed by atoms with E-state index in [1.54, 1.807) is 12.4 Å². The smallest absolute Gasteiger partial charge is 0.228 e. The topological polar surface area (TPSA) is 89.2 Å². The molecule has 1 aliphatic heterocycles. The Hall–Kier alpha value is -2.77. The van der Waals surface area contributed by atoms with Gasteiger partial charge in [0.2, 0.25) is 5.95 Å². The van der Waals surface area contributed by atoms with Crippen LogP contribution in [0.1, 0.15) is 5.56 Å². The molecule has 0 bridgehead atoms. The van der Waals surface area contributed by atoms with Gasteiger partial charge in [-0.05, 0) is 18.1 Å². The third-order valence-electron chi connectivity index (χ3n) is 4.73. The van der Waals surface area contributed by atoms with E-state index in [9.17, 15) is 0 Å². The number of anilines is 2. The molecular weight excluding hydrogens is 340 g/mol. The molecular formula is C20H24N6O. The van der Waals surface area contributed by atoms with Gasteiger partial charge in [-0.1, -0.05) is 30.3 Å². The van der Waals surface area contributed by atoms with Crippen molar-refractivity contribution in [1.29, 1.82) is 0 Å². The molecule has 0 radical (unpaired) electrons. The van der Waals surface area contributed by atoms with Gasteiger partial charge in [0, 0.05) is 37.3 Å². The zero-order valence-electron chi connectivity index (χ0n) is 15.2. The number of fused-ring (bicyclic) bond motifs is 1. The van der Waals surface area contributed by atoms with Gasteiger partial charge in [-0.25, -0.2) is 4.98 Å². The summed E-state index contributed by atoms with van der Waals surface area (Å²) in [6.45, 7) is 3.47. The number of rotatable bonds is 6. The fraction of sp³-hybridized carbons (Fsp3) is 0.350. The Morgan fingerprint density at radius 2 is 1.93 bits per heavy atom.